The van der Waals surface area contributed by atoms with Crippen molar-refractivity contribution < 1.29 is 13.6 Å². The lowest BCUT2D eigenvalue weighted by atomic mass is 10.2. The smallest absolute Gasteiger partial charge is 0.272 e. The molecule has 1 aromatic heterocycles. The molecule has 0 spiro atoms. The first-order chi connectivity index (χ1) is 13.1. The van der Waals surface area contributed by atoms with Crippen LogP contribution in [-0.2, 0) is 0 Å². The zero-order valence-corrected chi connectivity index (χ0v) is 14.6. The molecule has 3 aromatic rings. The van der Waals surface area contributed by atoms with Crippen LogP contribution in [-0.4, -0.2) is 46.5 Å². The number of aromatic nitrogens is 2. The monoisotopic (exact) mass is 368 g/mol. The molecule has 5 nitrogen and oxygen atoms in total. The van der Waals surface area contributed by atoms with Crippen LogP contribution in [0.4, 0.5) is 14.5 Å². The van der Waals surface area contributed by atoms with Crippen molar-refractivity contribution in [2.24, 2.45) is 0 Å². The second-order valence-corrected chi connectivity index (χ2v) is 6.38. The summed E-state index contributed by atoms with van der Waals surface area (Å²) in [4.78, 5) is 20.9. The average Bonchev–Trinajstić information content (AvgIpc) is 3.18. The van der Waals surface area contributed by atoms with Crippen molar-refractivity contribution in [3.63, 3.8) is 0 Å². The van der Waals surface area contributed by atoms with E-state index in [0.717, 1.165) is 5.69 Å². The molecule has 0 aliphatic carbocycles. The van der Waals surface area contributed by atoms with Gasteiger partial charge in [0.15, 0.2) is 0 Å². The lowest BCUT2D eigenvalue weighted by Gasteiger charge is -2.36. The Kier molecular flexibility index (Phi) is 4.58. The predicted octanol–water partition coefficient (Wildman–Crippen LogP) is 3.11. The summed E-state index contributed by atoms with van der Waals surface area (Å²) in [6.45, 7) is 2.46. The molecule has 1 aliphatic rings. The summed E-state index contributed by atoms with van der Waals surface area (Å²) < 4.78 is 27.9. The Labute approximate surface area is 155 Å². The number of piperazine rings is 1. The minimum Gasteiger partial charge on any atom is -0.368 e. The van der Waals surface area contributed by atoms with Gasteiger partial charge in [-0.05, 0) is 48.5 Å². The van der Waals surface area contributed by atoms with E-state index >= 15 is 0 Å². The van der Waals surface area contributed by atoms with Crippen molar-refractivity contribution in [1.82, 2.24) is 14.5 Å². The molecule has 1 aliphatic heterocycles. The molecule has 0 bridgehead atoms. The van der Waals surface area contributed by atoms with E-state index in [2.05, 4.69) is 9.88 Å². The van der Waals surface area contributed by atoms with Gasteiger partial charge in [-0.15, -0.1) is 0 Å². The molecule has 0 atom stereocenters. The van der Waals surface area contributed by atoms with Crippen molar-refractivity contribution in [2.45, 2.75) is 0 Å². The molecule has 0 unspecified atom stereocenters. The van der Waals surface area contributed by atoms with Crippen LogP contribution in [0.2, 0.25) is 0 Å². The summed E-state index contributed by atoms with van der Waals surface area (Å²) in [7, 11) is 0. The largest absolute Gasteiger partial charge is 0.368 e. The summed E-state index contributed by atoms with van der Waals surface area (Å²) >= 11 is 0. The van der Waals surface area contributed by atoms with Crippen LogP contribution in [0.25, 0.3) is 5.69 Å². The molecule has 1 saturated heterocycles. The maximum absolute atomic E-state index is 13.2. The number of amides is 1. The number of benzene rings is 2. The minimum absolute atomic E-state index is 0.115. The van der Waals surface area contributed by atoms with E-state index in [9.17, 15) is 13.6 Å². The second-order valence-electron chi connectivity index (χ2n) is 6.38. The zero-order valence-electron chi connectivity index (χ0n) is 14.6. The Morgan fingerprint density at radius 2 is 1.37 bits per heavy atom. The van der Waals surface area contributed by atoms with Crippen molar-refractivity contribution >= 4 is 11.6 Å². The summed E-state index contributed by atoms with van der Waals surface area (Å²) in [6.07, 6.45) is 3.08. The van der Waals surface area contributed by atoms with Gasteiger partial charge in [0.25, 0.3) is 5.91 Å². The van der Waals surface area contributed by atoms with E-state index < -0.39 is 0 Å². The Balaban J connectivity index is 1.46. The standard InChI is InChI=1S/C20H18F2N4O/c21-15-1-5-17(6-2-15)24-9-11-25(12-10-24)20(27)19-13-23-14-26(19)18-7-3-16(22)4-8-18/h1-8,13-14H,9-12H2. The van der Waals surface area contributed by atoms with Gasteiger partial charge in [-0.2, -0.15) is 0 Å². The molecule has 1 fully saturated rings. The maximum Gasteiger partial charge on any atom is 0.272 e. The van der Waals surface area contributed by atoms with Crippen molar-refractivity contribution in [3.8, 4) is 5.69 Å². The molecule has 7 heteroatoms. The molecule has 138 valence electrons. The number of imidazole rings is 1. The highest BCUT2D eigenvalue weighted by Crippen LogP contribution is 2.19. The summed E-state index contributed by atoms with van der Waals surface area (Å²) in [5.74, 6) is -0.708. The van der Waals surface area contributed by atoms with E-state index in [1.807, 2.05) is 0 Å². The van der Waals surface area contributed by atoms with Gasteiger partial charge in [0.1, 0.15) is 17.3 Å². The van der Waals surface area contributed by atoms with Gasteiger partial charge in [-0.3, -0.25) is 9.36 Å². The molecule has 2 heterocycles. The molecule has 2 aromatic carbocycles. The summed E-state index contributed by atoms with van der Waals surface area (Å²) in [6, 6.07) is 12.3. The lowest BCUT2D eigenvalue weighted by molar-refractivity contribution is 0.0738. The highest BCUT2D eigenvalue weighted by atomic mass is 19.1. The molecule has 0 N–H and O–H groups in total. The fraction of sp³-hybridized carbons (Fsp3) is 0.200. The third-order valence-electron chi connectivity index (χ3n) is 4.72. The first-order valence-corrected chi connectivity index (χ1v) is 8.70. The van der Waals surface area contributed by atoms with E-state index in [-0.39, 0.29) is 17.5 Å². The van der Waals surface area contributed by atoms with Crippen LogP contribution < -0.4 is 4.90 Å². The number of carbonyl (C=O) groups excluding carboxylic acids is 1. The number of halogens is 2. The number of anilines is 1. The first-order valence-electron chi connectivity index (χ1n) is 8.70. The van der Waals surface area contributed by atoms with Crippen molar-refractivity contribution in [1.29, 1.82) is 0 Å². The fourth-order valence-corrected chi connectivity index (χ4v) is 3.24. The quantitative estimate of drug-likeness (QED) is 0.713. The molecular weight excluding hydrogens is 350 g/mol. The number of carbonyl (C=O) groups is 1. The normalized spacial score (nSPS) is 14.4. The highest BCUT2D eigenvalue weighted by Gasteiger charge is 2.25. The zero-order chi connectivity index (χ0) is 18.8. The molecule has 0 saturated carbocycles. The van der Waals surface area contributed by atoms with Crippen LogP contribution in [0.3, 0.4) is 0 Å². The van der Waals surface area contributed by atoms with Gasteiger partial charge in [0.2, 0.25) is 0 Å². The predicted molar refractivity (Wildman–Crippen MR) is 98.0 cm³/mol. The lowest BCUT2D eigenvalue weighted by Crippen LogP contribution is -2.49. The molecule has 27 heavy (non-hydrogen) atoms. The SMILES string of the molecule is O=C(c1cncn1-c1ccc(F)cc1)N1CCN(c2ccc(F)cc2)CC1. The van der Waals surface area contributed by atoms with Gasteiger partial charge < -0.3 is 9.80 Å². The molecular formula is C20H18F2N4O. The third-order valence-corrected chi connectivity index (χ3v) is 4.72. The molecule has 1 amide bonds. The van der Waals surface area contributed by atoms with Gasteiger partial charge in [-0.25, -0.2) is 13.8 Å². The van der Waals surface area contributed by atoms with Crippen LogP contribution in [0.5, 0.6) is 0 Å². The van der Waals surface area contributed by atoms with E-state index in [1.165, 1.54) is 30.5 Å². The third kappa shape index (κ3) is 3.53. The Morgan fingerprint density at radius 3 is 1.96 bits per heavy atom. The van der Waals surface area contributed by atoms with E-state index in [1.54, 1.807) is 40.1 Å². The first kappa shape index (κ1) is 17.2. The number of rotatable bonds is 3. The molecule has 4 rings (SSSR count). The Bertz CT molecular complexity index is 929. The number of hydrogen-bond donors (Lipinski definition) is 0. The summed E-state index contributed by atoms with van der Waals surface area (Å²) in [5.41, 5.74) is 2.07. The minimum atomic E-state index is -0.330. The van der Waals surface area contributed by atoms with Crippen LogP contribution >= 0.6 is 0 Å². The van der Waals surface area contributed by atoms with Crippen molar-refractivity contribution in [2.75, 3.05) is 31.1 Å². The van der Waals surface area contributed by atoms with Gasteiger partial charge in [0.05, 0.1) is 12.5 Å². The van der Waals surface area contributed by atoms with E-state index in [4.69, 9.17) is 0 Å². The topological polar surface area (TPSA) is 41.4 Å². The Hall–Kier alpha value is -3.22. The highest BCUT2D eigenvalue weighted by molar-refractivity contribution is 5.93. The second kappa shape index (κ2) is 7.19. The average molecular weight is 368 g/mol. The summed E-state index contributed by atoms with van der Waals surface area (Å²) in [5, 5.41) is 0. The van der Waals surface area contributed by atoms with E-state index in [0.29, 0.717) is 37.6 Å². The van der Waals surface area contributed by atoms with Crippen LogP contribution in [0, 0.1) is 11.6 Å². The maximum atomic E-state index is 13.2. The Morgan fingerprint density at radius 1 is 0.815 bits per heavy atom. The number of nitrogens with zero attached hydrogens (tertiary/aromatic N) is 4. The molecule has 0 radical (unpaired) electrons. The van der Waals surface area contributed by atoms with Gasteiger partial charge >= 0.3 is 0 Å². The van der Waals surface area contributed by atoms with Crippen LogP contribution in [0.15, 0.2) is 61.1 Å². The van der Waals surface area contributed by atoms with Gasteiger partial charge in [-0.1, -0.05) is 0 Å². The van der Waals surface area contributed by atoms with Gasteiger partial charge in [0, 0.05) is 37.6 Å². The van der Waals surface area contributed by atoms with Crippen molar-refractivity contribution in [3.05, 3.63) is 78.4 Å². The fourth-order valence-electron chi connectivity index (χ4n) is 3.24. The van der Waals surface area contributed by atoms with Crippen LogP contribution in [0.1, 0.15) is 10.5 Å². The number of hydrogen-bond acceptors (Lipinski definition) is 3.